The third-order valence-corrected chi connectivity index (χ3v) is 6.85. The second kappa shape index (κ2) is 7.20. The molecule has 1 aliphatic carbocycles. The van der Waals surface area contributed by atoms with Crippen LogP contribution in [0.3, 0.4) is 0 Å². The van der Waals surface area contributed by atoms with Gasteiger partial charge in [0.2, 0.25) is 0 Å². The lowest BCUT2D eigenvalue weighted by Gasteiger charge is -2.21. The molecule has 1 aromatic carbocycles. The molecule has 1 aliphatic heterocycles. The first-order valence-corrected chi connectivity index (χ1v) is 10.6. The van der Waals surface area contributed by atoms with E-state index in [1.165, 1.54) is 36.7 Å². The molecule has 2 aliphatic rings. The number of nitrogens with one attached hydrogen (secondary N) is 1. The number of hydrogen-bond donors (Lipinski definition) is 1. The maximum absolute atomic E-state index is 11.3. The van der Waals surface area contributed by atoms with Crippen molar-refractivity contribution in [1.29, 1.82) is 0 Å². The summed E-state index contributed by atoms with van der Waals surface area (Å²) in [7, 11) is 0. The topological polar surface area (TPSA) is 49.0 Å². The zero-order chi connectivity index (χ0) is 18.1. The Balaban J connectivity index is 1.27. The minimum Gasteiger partial charge on any atom is -0.302 e. The van der Waals surface area contributed by atoms with Crippen molar-refractivity contribution in [3.05, 3.63) is 58.0 Å². The third-order valence-electron chi connectivity index (χ3n) is 5.87. The van der Waals surface area contributed by atoms with Gasteiger partial charge in [-0.15, -0.1) is 0 Å². The first-order valence-electron chi connectivity index (χ1n) is 9.58. The summed E-state index contributed by atoms with van der Waals surface area (Å²) in [4.78, 5) is 20.9. The Bertz CT molecular complexity index is 817. The van der Waals surface area contributed by atoms with Gasteiger partial charge in [-0.2, -0.15) is 0 Å². The average Bonchev–Trinajstić information content (AvgIpc) is 3.21. The Kier molecular flexibility index (Phi) is 4.93. The van der Waals surface area contributed by atoms with Crippen LogP contribution < -0.4 is 5.56 Å². The van der Waals surface area contributed by atoms with Crippen LogP contribution in [-0.2, 0) is 5.41 Å². The average molecular weight is 370 g/mol. The molecule has 138 valence electrons. The Morgan fingerprint density at radius 2 is 2.12 bits per heavy atom. The van der Waals surface area contributed by atoms with E-state index in [4.69, 9.17) is 0 Å². The number of thioether (sulfide) groups is 1. The molecule has 0 spiro atoms. The fraction of sp³-hybridized carbons (Fsp3) is 0.524. The number of H-pyrrole nitrogens is 1. The van der Waals surface area contributed by atoms with Crippen molar-refractivity contribution in [2.45, 2.75) is 43.2 Å². The number of aromatic amines is 1. The predicted octanol–water partition coefficient (Wildman–Crippen LogP) is 3.65. The van der Waals surface area contributed by atoms with Gasteiger partial charge in [-0.1, -0.05) is 49.9 Å². The third kappa shape index (κ3) is 3.60. The van der Waals surface area contributed by atoms with Gasteiger partial charge >= 0.3 is 0 Å². The molecule has 1 saturated carbocycles. The molecule has 5 heteroatoms. The largest absolute Gasteiger partial charge is 0.302 e. The van der Waals surface area contributed by atoms with Gasteiger partial charge in [0.25, 0.3) is 5.56 Å². The number of likely N-dealkylation sites (tertiary alicyclic amines) is 1. The summed E-state index contributed by atoms with van der Waals surface area (Å²) < 4.78 is 0. The van der Waals surface area contributed by atoms with Gasteiger partial charge in [0.05, 0.1) is 0 Å². The number of piperidine rings is 1. The molecule has 1 N–H and O–H groups in total. The van der Waals surface area contributed by atoms with Crippen LogP contribution in [0.15, 0.2) is 46.5 Å². The van der Waals surface area contributed by atoms with Gasteiger partial charge in [-0.3, -0.25) is 4.79 Å². The van der Waals surface area contributed by atoms with Gasteiger partial charge in [-0.05, 0) is 42.3 Å². The van der Waals surface area contributed by atoms with Crippen molar-refractivity contribution in [3.63, 3.8) is 0 Å². The minimum atomic E-state index is -0.0763. The second-order valence-corrected chi connectivity index (χ2v) is 9.09. The Morgan fingerprint density at radius 1 is 1.31 bits per heavy atom. The molecule has 0 unspecified atom stereocenters. The number of fused-ring (bicyclic) bond motifs is 1. The van der Waals surface area contributed by atoms with E-state index in [0.717, 1.165) is 29.8 Å². The first kappa shape index (κ1) is 17.8. The minimum absolute atomic E-state index is 0.0763. The molecule has 0 bridgehead atoms. The summed E-state index contributed by atoms with van der Waals surface area (Å²) in [5.74, 6) is 2.43. The van der Waals surface area contributed by atoms with Crippen LogP contribution in [-0.4, -0.2) is 40.3 Å². The lowest BCUT2D eigenvalue weighted by atomic mass is 9.92. The van der Waals surface area contributed by atoms with E-state index >= 15 is 0 Å². The summed E-state index contributed by atoms with van der Waals surface area (Å²) in [6.45, 7) is 8.07. The highest BCUT2D eigenvalue weighted by atomic mass is 32.2. The highest BCUT2D eigenvalue weighted by Crippen LogP contribution is 2.59. The summed E-state index contributed by atoms with van der Waals surface area (Å²) in [5, 5.41) is 0.725. The normalized spacial score (nSPS) is 24.8. The first-order chi connectivity index (χ1) is 12.6. The highest BCUT2D eigenvalue weighted by molar-refractivity contribution is 7.99. The Hall–Kier alpha value is -1.59. The molecule has 1 aromatic heterocycles. The number of benzene rings is 1. The predicted molar refractivity (Wildman–Crippen MR) is 107 cm³/mol. The molecular weight excluding hydrogens is 342 g/mol. The molecular formula is C21H27N3OS. The van der Waals surface area contributed by atoms with Crippen LogP contribution in [0.25, 0.3) is 0 Å². The van der Waals surface area contributed by atoms with E-state index in [0.29, 0.717) is 11.3 Å². The van der Waals surface area contributed by atoms with E-state index in [1.54, 1.807) is 18.0 Å². The number of hydrogen-bond acceptors (Lipinski definition) is 4. The molecule has 2 atom stereocenters. The standard InChI is InChI=1S/C21H27N3OS/c1-15(2)16-4-6-17(7-5-16)21-12-18(21)13-24(14-21)10-3-11-26-20-22-9-8-19(25)23-20/h4-9,15,18H,3,10-14H2,1-2H3,(H,22,23,25)/t18-,21+/m1/s1. The zero-order valence-electron chi connectivity index (χ0n) is 15.6. The maximum Gasteiger partial charge on any atom is 0.251 e. The van der Waals surface area contributed by atoms with Gasteiger partial charge in [0.15, 0.2) is 5.16 Å². The number of aromatic nitrogens is 2. The van der Waals surface area contributed by atoms with Crippen LogP contribution in [0.1, 0.15) is 43.7 Å². The SMILES string of the molecule is CC(C)c1ccc([C@@]23C[C@@H]2CN(CCCSc2nccc(=O)[nH]2)C3)cc1. The van der Waals surface area contributed by atoms with Gasteiger partial charge in [0.1, 0.15) is 0 Å². The molecule has 0 amide bonds. The van der Waals surface area contributed by atoms with Gasteiger partial charge < -0.3 is 9.88 Å². The van der Waals surface area contributed by atoms with Crippen LogP contribution in [0, 0.1) is 5.92 Å². The van der Waals surface area contributed by atoms with E-state index < -0.39 is 0 Å². The summed E-state index contributed by atoms with van der Waals surface area (Å²) in [6, 6.07) is 10.8. The fourth-order valence-electron chi connectivity index (χ4n) is 4.29. The molecule has 2 fully saturated rings. The van der Waals surface area contributed by atoms with Crippen molar-refractivity contribution < 1.29 is 0 Å². The molecule has 2 heterocycles. The highest BCUT2D eigenvalue weighted by Gasteiger charge is 2.60. The van der Waals surface area contributed by atoms with Crippen LogP contribution in [0.5, 0.6) is 0 Å². The molecule has 0 radical (unpaired) electrons. The molecule has 4 nitrogen and oxygen atoms in total. The van der Waals surface area contributed by atoms with Gasteiger partial charge in [0, 0.05) is 36.5 Å². The summed E-state index contributed by atoms with van der Waals surface area (Å²) >= 11 is 1.64. The lowest BCUT2D eigenvalue weighted by molar-refractivity contribution is 0.299. The molecule has 2 aromatic rings. The van der Waals surface area contributed by atoms with Crippen molar-refractivity contribution in [1.82, 2.24) is 14.9 Å². The maximum atomic E-state index is 11.3. The molecule has 26 heavy (non-hydrogen) atoms. The van der Waals surface area contributed by atoms with Gasteiger partial charge in [-0.25, -0.2) is 4.98 Å². The lowest BCUT2D eigenvalue weighted by Crippen LogP contribution is -2.27. The van der Waals surface area contributed by atoms with E-state index in [-0.39, 0.29) is 5.56 Å². The fourth-order valence-corrected chi connectivity index (χ4v) is 5.06. The Morgan fingerprint density at radius 3 is 2.85 bits per heavy atom. The van der Waals surface area contributed by atoms with Crippen LogP contribution in [0.4, 0.5) is 0 Å². The van der Waals surface area contributed by atoms with E-state index in [1.807, 2.05) is 0 Å². The summed E-state index contributed by atoms with van der Waals surface area (Å²) in [5.41, 5.74) is 3.32. The van der Waals surface area contributed by atoms with E-state index in [9.17, 15) is 4.79 Å². The molecule has 1 saturated heterocycles. The van der Waals surface area contributed by atoms with Crippen LogP contribution in [0.2, 0.25) is 0 Å². The monoisotopic (exact) mass is 369 g/mol. The number of rotatable bonds is 7. The van der Waals surface area contributed by atoms with Crippen LogP contribution >= 0.6 is 11.8 Å². The Labute approximate surface area is 159 Å². The smallest absolute Gasteiger partial charge is 0.251 e. The number of nitrogens with zero attached hydrogens (tertiary/aromatic N) is 2. The zero-order valence-corrected chi connectivity index (χ0v) is 16.4. The molecule has 4 rings (SSSR count). The summed E-state index contributed by atoms with van der Waals surface area (Å²) in [6.07, 6.45) is 4.05. The van der Waals surface area contributed by atoms with Crippen molar-refractivity contribution in [3.8, 4) is 0 Å². The van der Waals surface area contributed by atoms with E-state index in [2.05, 4.69) is 53.0 Å². The second-order valence-electron chi connectivity index (χ2n) is 8.01. The van der Waals surface area contributed by atoms with Crippen molar-refractivity contribution in [2.75, 3.05) is 25.4 Å². The van der Waals surface area contributed by atoms with Crippen molar-refractivity contribution >= 4 is 11.8 Å². The van der Waals surface area contributed by atoms with Crippen molar-refractivity contribution in [2.24, 2.45) is 5.92 Å². The quantitative estimate of drug-likeness (QED) is 0.460.